The lowest BCUT2D eigenvalue weighted by Crippen LogP contribution is -2.46. The largest absolute Gasteiger partial charge is 0.481 e. The number of carbonyl (C=O) groups excluding carboxylic acids is 1. The van der Waals surface area contributed by atoms with Gasteiger partial charge in [-0.2, -0.15) is 0 Å². The summed E-state index contributed by atoms with van der Waals surface area (Å²) in [6, 6.07) is 0.592. The third-order valence-corrected chi connectivity index (χ3v) is 4.93. The van der Waals surface area contributed by atoms with Crippen LogP contribution in [0.25, 0.3) is 0 Å². The van der Waals surface area contributed by atoms with E-state index in [0.29, 0.717) is 18.5 Å². The first-order valence-electron chi connectivity index (χ1n) is 8.34. The molecular weight excluding hydrogens is 268 g/mol. The Labute approximate surface area is 126 Å². The molecule has 0 saturated carbocycles. The monoisotopic (exact) mass is 296 g/mol. The van der Waals surface area contributed by atoms with E-state index in [0.717, 1.165) is 57.9 Å². The van der Waals surface area contributed by atoms with E-state index in [4.69, 9.17) is 10.8 Å². The van der Waals surface area contributed by atoms with Crippen LogP contribution in [-0.4, -0.2) is 40.5 Å². The Morgan fingerprint density at radius 3 is 2.24 bits per heavy atom. The van der Waals surface area contributed by atoms with Crippen LogP contribution < -0.4 is 5.73 Å². The number of piperidine rings is 1. The summed E-state index contributed by atoms with van der Waals surface area (Å²) in [4.78, 5) is 25.3. The molecule has 0 aromatic carbocycles. The van der Waals surface area contributed by atoms with E-state index in [1.54, 1.807) is 0 Å². The molecule has 3 N–H and O–H groups in total. The molecule has 2 rings (SSSR count). The molecule has 0 aromatic heterocycles. The number of nitrogens with two attached hydrogens (primary N) is 1. The fourth-order valence-corrected chi connectivity index (χ4v) is 4.01. The maximum absolute atomic E-state index is 12.4. The van der Waals surface area contributed by atoms with Crippen molar-refractivity contribution in [3.8, 4) is 0 Å². The number of carboxylic acid groups (broad SMARTS) is 1. The highest BCUT2D eigenvalue weighted by Gasteiger charge is 2.43. The van der Waals surface area contributed by atoms with Crippen LogP contribution in [0.3, 0.4) is 0 Å². The van der Waals surface area contributed by atoms with E-state index in [1.807, 2.05) is 0 Å². The van der Waals surface area contributed by atoms with E-state index in [-0.39, 0.29) is 18.2 Å². The molecule has 21 heavy (non-hydrogen) atoms. The van der Waals surface area contributed by atoms with Crippen LogP contribution in [0.1, 0.15) is 64.2 Å². The van der Waals surface area contributed by atoms with Crippen molar-refractivity contribution in [1.29, 1.82) is 0 Å². The van der Waals surface area contributed by atoms with E-state index < -0.39 is 5.97 Å². The van der Waals surface area contributed by atoms with Gasteiger partial charge in [0.05, 0.1) is 0 Å². The minimum Gasteiger partial charge on any atom is -0.481 e. The van der Waals surface area contributed by atoms with Gasteiger partial charge in [-0.05, 0) is 51.0 Å². The Morgan fingerprint density at radius 2 is 1.67 bits per heavy atom. The summed E-state index contributed by atoms with van der Waals surface area (Å²) in [5.41, 5.74) is 5.46. The molecule has 2 unspecified atom stereocenters. The van der Waals surface area contributed by atoms with Crippen molar-refractivity contribution in [3.05, 3.63) is 0 Å². The zero-order valence-electron chi connectivity index (χ0n) is 12.8. The van der Waals surface area contributed by atoms with Gasteiger partial charge in [0.2, 0.25) is 5.91 Å². The Bertz CT molecular complexity index is 359. The van der Waals surface area contributed by atoms with Crippen LogP contribution in [-0.2, 0) is 9.59 Å². The molecule has 0 spiro atoms. The number of hydrogen-bond acceptors (Lipinski definition) is 3. The summed E-state index contributed by atoms with van der Waals surface area (Å²) in [6.45, 7) is 0.731. The van der Waals surface area contributed by atoms with Crippen LogP contribution >= 0.6 is 0 Å². The van der Waals surface area contributed by atoms with Crippen molar-refractivity contribution in [2.75, 3.05) is 6.54 Å². The fraction of sp³-hybridized carbons (Fsp3) is 0.875. The van der Waals surface area contributed by atoms with Gasteiger partial charge in [-0.1, -0.05) is 12.8 Å². The smallest absolute Gasteiger partial charge is 0.303 e. The predicted octanol–water partition coefficient (Wildman–Crippen LogP) is 2.14. The highest BCUT2D eigenvalue weighted by atomic mass is 16.4. The van der Waals surface area contributed by atoms with Crippen molar-refractivity contribution in [2.24, 2.45) is 11.7 Å². The molecule has 0 radical (unpaired) electrons. The van der Waals surface area contributed by atoms with Crippen LogP contribution in [0, 0.1) is 5.92 Å². The number of nitrogens with zero attached hydrogens (tertiary/aromatic N) is 1. The zero-order chi connectivity index (χ0) is 15.2. The molecule has 2 aliphatic rings. The summed E-state index contributed by atoms with van der Waals surface area (Å²) >= 11 is 0. The number of hydrogen-bond donors (Lipinski definition) is 2. The highest BCUT2D eigenvalue weighted by Crippen LogP contribution is 2.40. The molecule has 2 atom stereocenters. The predicted molar refractivity (Wildman–Crippen MR) is 80.8 cm³/mol. The van der Waals surface area contributed by atoms with Crippen LogP contribution in [0.2, 0.25) is 0 Å². The number of aliphatic carboxylic acids is 1. The molecule has 2 bridgehead atoms. The average Bonchev–Trinajstić information content (AvgIpc) is 2.69. The topological polar surface area (TPSA) is 83.6 Å². The van der Waals surface area contributed by atoms with Gasteiger partial charge in [-0.3, -0.25) is 9.59 Å². The zero-order valence-corrected chi connectivity index (χ0v) is 12.8. The van der Waals surface area contributed by atoms with Gasteiger partial charge in [0.1, 0.15) is 0 Å². The Balaban J connectivity index is 1.77. The lowest BCUT2D eigenvalue weighted by Gasteiger charge is -2.38. The standard InChI is InChI=1S/C16H28N2O3/c17-8-4-2-1-3-5-15(19)18-13-6-7-14(18)10-12(9-13)11-16(20)21/h12-14H,1-11,17H2,(H,20,21). The van der Waals surface area contributed by atoms with Crippen molar-refractivity contribution in [1.82, 2.24) is 4.90 Å². The van der Waals surface area contributed by atoms with Gasteiger partial charge in [0.25, 0.3) is 0 Å². The minimum atomic E-state index is -0.709. The van der Waals surface area contributed by atoms with Gasteiger partial charge in [0.15, 0.2) is 0 Å². The van der Waals surface area contributed by atoms with Gasteiger partial charge >= 0.3 is 5.97 Å². The summed E-state index contributed by atoms with van der Waals surface area (Å²) in [5, 5.41) is 8.93. The molecule has 2 aliphatic heterocycles. The summed E-state index contributed by atoms with van der Waals surface area (Å²) in [7, 11) is 0. The number of unbranched alkanes of at least 4 members (excludes halogenated alkanes) is 3. The SMILES string of the molecule is NCCCCCCC(=O)N1C2CCC1CC(CC(=O)O)C2. The van der Waals surface area contributed by atoms with Gasteiger partial charge < -0.3 is 15.7 Å². The third-order valence-electron chi connectivity index (χ3n) is 4.93. The third kappa shape index (κ3) is 4.43. The van der Waals surface area contributed by atoms with E-state index >= 15 is 0 Å². The highest BCUT2D eigenvalue weighted by molar-refractivity contribution is 5.77. The van der Waals surface area contributed by atoms with Gasteiger partial charge in [-0.15, -0.1) is 0 Å². The normalized spacial score (nSPS) is 27.9. The Hall–Kier alpha value is -1.10. The number of rotatable bonds is 8. The molecule has 5 heteroatoms. The molecule has 2 heterocycles. The molecule has 5 nitrogen and oxygen atoms in total. The first kappa shape index (κ1) is 16.3. The maximum atomic E-state index is 12.4. The van der Waals surface area contributed by atoms with E-state index in [2.05, 4.69) is 4.90 Å². The summed E-state index contributed by atoms with van der Waals surface area (Å²) in [5.74, 6) is -0.170. The van der Waals surface area contributed by atoms with Crippen molar-refractivity contribution in [2.45, 2.75) is 76.3 Å². The van der Waals surface area contributed by atoms with Crippen molar-refractivity contribution in [3.63, 3.8) is 0 Å². The van der Waals surface area contributed by atoms with Crippen LogP contribution in [0.4, 0.5) is 0 Å². The van der Waals surface area contributed by atoms with Gasteiger partial charge in [-0.25, -0.2) is 0 Å². The van der Waals surface area contributed by atoms with Crippen molar-refractivity contribution < 1.29 is 14.7 Å². The van der Waals surface area contributed by atoms with Gasteiger partial charge in [0, 0.05) is 24.9 Å². The average molecular weight is 296 g/mol. The van der Waals surface area contributed by atoms with E-state index in [1.165, 1.54) is 0 Å². The van der Waals surface area contributed by atoms with Crippen LogP contribution in [0.5, 0.6) is 0 Å². The molecule has 1 amide bonds. The molecular formula is C16H28N2O3. The lowest BCUT2D eigenvalue weighted by atomic mass is 9.88. The number of fused-ring (bicyclic) bond motifs is 2. The maximum Gasteiger partial charge on any atom is 0.303 e. The number of carboxylic acids is 1. The first-order chi connectivity index (χ1) is 10.1. The minimum absolute atomic E-state index is 0.258. The Kier molecular flexibility index (Phi) is 6.03. The quantitative estimate of drug-likeness (QED) is 0.672. The molecule has 2 fully saturated rings. The molecule has 2 saturated heterocycles. The summed E-state index contributed by atoms with van der Waals surface area (Å²) < 4.78 is 0. The fourth-order valence-electron chi connectivity index (χ4n) is 4.01. The van der Waals surface area contributed by atoms with E-state index in [9.17, 15) is 9.59 Å². The Morgan fingerprint density at radius 1 is 1.05 bits per heavy atom. The number of amides is 1. The molecule has 120 valence electrons. The lowest BCUT2D eigenvalue weighted by molar-refractivity contribution is -0.140. The number of carbonyl (C=O) groups is 2. The second-order valence-electron chi connectivity index (χ2n) is 6.57. The van der Waals surface area contributed by atoms with Crippen LogP contribution in [0.15, 0.2) is 0 Å². The summed E-state index contributed by atoms with van der Waals surface area (Å²) in [6.07, 6.45) is 8.94. The van der Waals surface area contributed by atoms with Crippen molar-refractivity contribution >= 4 is 11.9 Å². The molecule has 0 aliphatic carbocycles. The molecule has 0 aromatic rings. The first-order valence-corrected chi connectivity index (χ1v) is 8.34. The second-order valence-corrected chi connectivity index (χ2v) is 6.57. The second kappa shape index (κ2) is 7.78.